The van der Waals surface area contributed by atoms with Crippen molar-refractivity contribution in [2.75, 3.05) is 0 Å². The van der Waals surface area contributed by atoms with E-state index in [1.165, 1.54) is 21.7 Å². The molecule has 0 aliphatic carbocycles. The average molecular weight is 326 g/mol. The van der Waals surface area contributed by atoms with Gasteiger partial charge in [0.05, 0.1) is 5.69 Å². The highest BCUT2D eigenvalue weighted by Gasteiger charge is 2.17. The minimum Gasteiger partial charge on any atom is -0.318 e. The molecule has 1 aromatic carbocycles. The van der Waals surface area contributed by atoms with E-state index in [-0.39, 0.29) is 0 Å². The van der Waals surface area contributed by atoms with Gasteiger partial charge in [-0.05, 0) is 41.4 Å². The Kier molecular flexibility index (Phi) is 4.50. The molecule has 0 bridgehead atoms. The Labute approximate surface area is 140 Å². The van der Waals surface area contributed by atoms with Gasteiger partial charge in [0.25, 0.3) is 0 Å². The Morgan fingerprint density at radius 2 is 1.77 bits per heavy atom. The highest BCUT2D eigenvalue weighted by atomic mass is 32.1. The molecule has 0 atom stereocenters. The van der Waals surface area contributed by atoms with E-state index in [4.69, 9.17) is 12.2 Å². The number of hydrogen-bond donors (Lipinski definition) is 0. The van der Waals surface area contributed by atoms with Gasteiger partial charge in [0.1, 0.15) is 0 Å². The maximum absolute atomic E-state index is 5.64. The first-order valence-electron chi connectivity index (χ1n) is 7.34. The molecule has 0 N–H and O–H groups in total. The van der Waals surface area contributed by atoms with Gasteiger partial charge >= 0.3 is 0 Å². The van der Waals surface area contributed by atoms with Crippen LogP contribution in [0.3, 0.4) is 0 Å². The number of pyridine rings is 1. The average Bonchev–Trinajstić information content (AvgIpc) is 2.86. The first kappa shape index (κ1) is 15.1. The fraction of sp³-hybridized carbons (Fsp3) is 0.222. The molecule has 0 saturated carbocycles. The molecule has 0 aliphatic heterocycles. The number of thiazole rings is 1. The lowest BCUT2D eigenvalue weighted by atomic mass is 10.0. The molecule has 3 aromatic rings. The van der Waals surface area contributed by atoms with Crippen LogP contribution in [0, 0.1) is 3.95 Å². The minimum absolute atomic E-state index is 0.459. The molecular formula is C18H18N2S2. The summed E-state index contributed by atoms with van der Waals surface area (Å²) in [6.07, 6.45) is 3.66. The first-order valence-corrected chi connectivity index (χ1v) is 8.57. The van der Waals surface area contributed by atoms with Gasteiger partial charge in [0.15, 0.2) is 3.95 Å². The van der Waals surface area contributed by atoms with E-state index in [9.17, 15) is 0 Å². The number of benzene rings is 1. The number of nitrogens with zero attached hydrogens (tertiary/aromatic N) is 2. The summed E-state index contributed by atoms with van der Waals surface area (Å²) in [6.45, 7) is 5.24. The topological polar surface area (TPSA) is 17.8 Å². The molecule has 0 saturated heterocycles. The van der Waals surface area contributed by atoms with Crippen LogP contribution >= 0.6 is 23.6 Å². The summed E-state index contributed by atoms with van der Waals surface area (Å²) in [7, 11) is 0. The van der Waals surface area contributed by atoms with Crippen LogP contribution in [0.25, 0.3) is 11.3 Å². The molecular weight excluding hydrogens is 308 g/mol. The van der Waals surface area contributed by atoms with Crippen molar-refractivity contribution in [2.24, 2.45) is 0 Å². The Morgan fingerprint density at radius 1 is 1.09 bits per heavy atom. The highest BCUT2D eigenvalue weighted by Crippen LogP contribution is 2.35. The predicted molar refractivity (Wildman–Crippen MR) is 96.0 cm³/mol. The monoisotopic (exact) mass is 326 g/mol. The zero-order valence-corrected chi connectivity index (χ0v) is 14.3. The SMILES string of the molecule is CC(C)c1sc(=S)n(Cc2ccncc2)c1-c1ccccc1. The van der Waals surface area contributed by atoms with Gasteiger partial charge in [-0.1, -0.05) is 44.2 Å². The van der Waals surface area contributed by atoms with Crippen molar-refractivity contribution < 1.29 is 0 Å². The zero-order chi connectivity index (χ0) is 15.5. The highest BCUT2D eigenvalue weighted by molar-refractivity contribution is 7.73. The summed E-state index contributed by atoms with van der Waals surface area (Å²) in [4.78, 5) is 5.44. The molecule has 0 amide bonds. The van der Waals surface area contributed by atoms with Gasteiger partial charge in [-0.3, -0.25) is 4.98 Å². The molecule has 2 aromatic heterocycles. The molecule has 22 heavy (non-hydrogen) atoms. The summed E-state index contributed by atoms with van der Waals surface area (Å²) in [5, 5.41) is 0. The van der Waals surface area contributed by atoms with Crippen molar-refractivity contribution in [1.29, 1.82) is 0 Å². The van der Waals surface area contributed by atoms with Gasteiger partial charge in [-0.2, -0.15) is 0 Å². The van der Waals surface area contributed by atoms with Crippen LogP contribution < -0.4 is 0 Å². The van der Waals surface area contributed by atoms with E-state index in [2.05, 4.69) is 47.7 Å². The van der Waals surface area contributed by atoms with E-state index in [1.807, 2.05) is 30.6 Å². The largest absolute Gasteiger partial charge is 0.318 e. The lowest BCUT2D eigenvalue weighted by Gasteiger charge is -2.12. The summed E-state index contributed by atoms with van der Waals surface area (Å²) in [6, 6.07) is 14.6. The van der Waals surface area contributed by atoms with E-state index in [1.54, 1.807) is 11.3 Å². The lowest BCUT2D eigenvalue weighted by Crippen LogP contribution is -2.03. The van der Waals surface area contributed by atoms with Crippen molar-refractivity contribution >= 4 is 23.6 Å². The fourth-order valence-corrected chi connectivity index (χ4v) is 3.96. The van der Waals surface area contributed by atoms with Crippen LogP contribution in [-0.4, -0.2) is 9.55 Å². The predicted octanol–water partition coefficient (Wildman–Crippen LogP) is 5.51. The maximum Gasteiger partial charge on any atom is 0.162 e. The van der Waals surface area contributed by atoms with Crippen LogP contribution in [0.2, 0.25) is 0 Å². The molecule has 0 fully saturated rings. The summed E-state index contributed by atoms with van der Waals surface area (Å²) in [5.41, 5.74) is 3.70. The Balaban J connectivity index is 2.15. The number of rotatable bonds is 4. The van der Waals surface area contributed by atoms with Crippen molar-refractivity contribution in [2.45, 2.75) is 26.3 Å². The van der Waals surface area contributed by atoms with Crippen molar-refractivity contribution in [3.63, 3.8) is 0 Å². The van der Waals surface area contributed by atoms with Crippen LogP contribution in [0.1, 0.15) is 30.2 Å². The standard InChI is InChI=1S/C18H18N2S2/c1-13(2)17-16(15-6-4-3-5-7-15)20(18(21)22-17)12-14-8-10-19-11-9-14/h3-11,13H,12H2,1-2H3. The Bertz CT molecular complexity index is 802. The zero-order valence-electron chi connectivity index (χ0n) is 12.7. The molecule has 112 valence electrons. The third-order valence-electron chi connectivity index (χ3n) is 3.58. The van der Waals surface area contributed by atoms with Crippen LogP contribution in [0.15, 0.2) is 54.9 Å². The quantitative estimate of drug-likeness (QED) is 0.588. The second-order valence-corrected chi connectivity index (χ2v) is 7.22. The van der Waals surface area contributed by atoms with E-state index in [0.717, 1.165) is 10.5 Å². The van der Waals surface area contributed by atoms with Crippen LogP contribution in [0.4, 0.5) is 0 Å². The minimum atomic E-state index is 0.459. The maximum atomic E-state index is 5.64. The van der Waals surface area contributed by atoms with E-state index >= 15 is 0 Å². The van der Waals surface area contributed by atoms with Crippen molar-refractivity contribution in [3.05, 3.63) is 69.3 Å². The molecule has 4 heteroatoms. The van der Waals surface area contributed by atoms with Gasteiger partial charge in [-0.25, -0.2) is 0 Å². The van der Waals surface area contributed by atoms with Crippen molar-refractivity contribution in [3.8, 4) is 11.3 Å². The molecule has 2 heterocycles. The summed E-state index contributed by atoms with van der Waals surface area (Å²) < 4.78 is 3.18. The molecule has 0 aliphatic rings. The van der Waals surface area contributed by atoms with E-state index in [0.29, 0.717) is 5.92 Å². The van der Waals surface area contributed by atoms with Gasteiger partial charge in [-0.15, -0.1) is 11.3 Å². The third-order valence-corrected chi connectivity index (χ3v) is 5.33. The Hall–Kier alpha value is -1.78. The fourth-order valence-electron chi connectivity index (χ4n) is 2.52. The number of aromatic nitrogens is 2. The molecule has 0 unspecified atom stereocenters. The van der Waals surface area contributed by atoms with Crippen LogP contribution in [0.5, 0.6) is 0 Å². The smallest absolute Gasteiger partial charge is 0.162 e. The summed E-state index contributed by atoms with van der Waals surface area (Å²) in [5.74, 6) is 0.459. The molecule has 0 spiro atoms. The van der Waals surface area contributed by atoms with Gasteiger partial charge in [0, 0.05) is 23.8 Å². The summed E-state index contributed by atoms with van der Waals surface area (Å²) >= 11 is 7.37. The molecule has 2 nitrogen and oxygen atoms in total. The lowest BCUT2D eigenvalue weighted by molar-refractivity contribution is 0.790. The van der Waals surface area contributed by atoms with Gasteiger partial charge in [0.2, 0.25) is 0 Å². The van der Waals surface area contributed by atoms with E-state index < -0.39 is 0 Å². The Morgan fingerprint density at radius 3 is 2.41 bits per heavy atom. The second kappa shape index (κ2) is 6.55. The second-order valence-electron chi connectivity index (χ2n) is 5.54. The third kappa shape index (κ3) is 3.03. The first-order chi connectivity index (χ1) is 10.7. The van der Waals surface area contributed by atoms with Gasteiger partial charge < -0.3 is 4.57 Å². The normalized spacial score (nSPS) is 11.0. The molecule has 0 radical (unpaired) electrons. The molecule has 3 rings (SSSR count). The number of hydrogen-bond acceptors (Lipinski definition) is 3. The van der Waals surface area contributed by atoms with Crippen molar-refractivity contribution in [1.82, 2.24) is 9.55 Å². The van der Waals surface area contributed by atoms with Crippen LogP contribution in [-0.2, 0) is 6.54 Å².